The number of anilines is 1. The number of hydrogen-bond donors (Lipinski definition) is 2. The number of carbonyl (C=O) groups excluding carboxylic acids is 1. The summed E-state index contributed by atoms with van der Waals surface area (Å²) in [5.41, 5.74) is 1.65. The van der Waals surface area contributed by atoms with Crippen molar-refractivity contribution in [3.63, 3.8) is 0 Å². The summed E-state index contributed by atoms with van der Waals surface area (Å²) < 4.78 is 32.1. The Balaban J connectivity index is 1.34. The largest absolute Gasteiger partial charge is 0.493 e. The topological polar surface area (TPSA) is 169 Å². The van der Waals surface area contributed by atoms with Gasteiger partial charge in [0.2, 0.25) is 0 Å². The third-order valence-electron chi connectivity index (χ3n) is 6.88. The highest BCUT2D eigenvalue weighted by atomic mass is 32.2. The van der Waals surface area contributed by atoms with E-state index in [1.165, 1.54) is 31.2 Å². The molecule has 3 aromatic carbocycles. The molecule has 1 aliphatic carbocycles. The van der Waals surface area contributed by atoms with E-state index in [-0.39, 0.29) is 15.8 Å². The highest BCUT2D eigenvalue weighted by molar-refractivity contribution is 7.89. The van der Waals surface area contributed by atoms with Gasteiger partial charge in [0.1, 0.15) is 5.75 Å². The van der Waals surface area contributed by atoms with Crippen molar-refractivity contribution in [3.05, 3.63) is 99.7 Å². The molecule has 0 spiro atoms. The van der Waals surface area contributed by atoms with Gasteiger partial charge < -0.3 is 15.2 Å². The lowest BCUT2D eigenvalue weighted by molar-refractivity contribution is -0.387. The van der Waals surface area contributed by atoms with Gasteiger partial charge in [-0.25, -0.2) is 13.2 Å². The van der Waals surface area contributed by atoms with Crippen molar-refractivity contribution in [2.45, 2.75) is 31.2 Å². The van der Waals surface area contributed by atoms with E-state index in [4.69, 9.17) is 4.74 Å². The number of hydrogen-bond acceptors (Lipinski definition) is 8. The number of fused-ring (bicyclic) bond motifs is 1. The molecule has 42 heavy (non-hydrogen) atoms. The first-order valence-corrected chi connectivity index (χ1v) is 14.4. The first-order valence-electron chi connectivity index (χ1n) is 13.0. The van der Waals surface area contributed by atoms with Gasteiger partial charge in [-0.2, -0.15) is 4.31 Å². The highest BCUT2D eigenvalue weighted by Crippen LogP contribution is 2.31. The van der Waals surface area contributed by atoms with Crippen LogP contribution in [0.15, 0.2) is 77.8 Å². The number of ether oxygens (including phenoxy) is 1. The predicted octanol–water partition coefficient (Wildman–Crippen LogP) is 5.36. The van der Waals surface area contributed by atoms with E-state index in [2.05, 4.69) is 10.3 Å². The minimum Gasteiger partial charge on any atom is -0.493 e. The smallest absolute Gasteiger partial charge is 0.421 e. The minimum atomic E-state index is -4.78. The first-order chi connectivity index (χ1) is 20.0. The van der Waals surface area contributed by atoms with Crippen LogP contribution in [0, 0.1) is 23.0 Å². The fourth-order valence-corrected chi connectivity index (χ4v) is 5.80. The summed E-state index contributed by atoms with van der Waals surface area (Å²) in [6, 6.07) is 16.3. The third-order valence-corrected chi connectivity index (χ3v) is 8.65. The second kappa shape index (κ2) is 11.4. The summed E-state index contributed by atoms with van der Waals surface area (Å²) in [5.74, 6) is 1.01. The molecule has 4 aromatic rings. The number of aryl methyl sites for hydroxylation is 1. The van der Waals surface area contributed by atoms with Crippen molar-refractivity contribution in [2.75, 3.05) is 11.9 Å². The summed E-state index contributed by atoms with van der Waals surface area (Å²) >= 11 is 0. The molecule has 5 rings (SSSR count). The molecule has 2 N–H and O–H groups in total. The Labute approximate surface area is 240 Å². The molecular formula is C29H26N4O8S. The average molecular weight is 591 g/mol. The van der Waals surface area contributed by atoms with E-state index in [0.717, 1.165) is 12.1 Å². The van der Waals surface area contributed by atoms with E-state index >= 15 is 0 Å². The second-order valence-corrected chi connectivity index (χ2v) is 11.7. The van der Waals surface area contributed by atoms with Crippen molar-refractivity contribution < 1.29 is 32.8 Å². The van der Waals surface area contributed by atoms with Crippen molar-refractivity contribution in [2.24, 2.45) is 5.92 Å². The fraction of sp³-hybridized carbons (Fsp3) is 0.207. The normalized spacial score (nSPS) is 13.0. The Morgan fingerprint density at radius 1 is 1.12 bits per heavy atom. The summed E-state index contributed by atoms with van der Waals surface area (Å²) in [5, 5.41) is 24.5. The molecule has 0 aliphatic heterocycles. The lowest BCUT2D eigenvalue weighted by Crippen LogP contribution is -2.35. The first kappa shape index (κ1) is 28.5. The molecule has 13 heteroatoms. The van der Waals surface area contributed by atoms with Gasteiger partial charge in [-0.3, -0.25) is 19.9 Å². The van der Waals surface area contributed by atoms with Crippen LogP contribution in [0.3, 0.4) is 0 Å². The number of nitrogens with one attached hydrogen (secondary N) is 1. The van der Waals surface area contributed by atoms with Crippen molar-refractivity contribution >= 4 is 44.3 Å². The Morgan fingerprint density at radius 2 is 1.83 bits per heavy atom. The number of nitro benzene ring substituents is 1. The van der Waals surface area contributed by atoms with Crippen LogP contribution in [0.4, 0.5) is 16.2 Å². The molecule has 0 saturated heterocycles. The maximum atomic E-state index is 13.1. The number of carbonyl (C=O) groups is 2. The molecule has 1 saturated carbocycles. The van der Waals surface area contributed by atoms with Crippen molar-refractivity contribution in [1.82, 2.24) is 9.29 Å². The van der Waals surface area contributed by atoms with Crippen LogP contribution in [0.5, 0.6) is 5.75 Å². The molecule has 12 nitrogen and oxygen atoms in total. The number of amides is 2. The third kappa shape index (κ3) is 6.00. The number of aromatic nitrogens is 1. The number of nitro groups is 1. The fourth-order valence-electron chi connectivity index (χ4n) is 4.38. The molecule has 1 aromatic heterocycles. The standard InChI is InChI=1S/C29H26N4O8S/c1-18-24(31-28(34)21-8-11-23(12-9-21)41-17-19-6-7-19)13-10-22-14-20(15-30-27(18)22)16-32(29(35)36)42(39,40)26-5-3-2-4-25(26)33(37)38/h2-5,8-15,19H,6-7,16-17H2,1H3,(H,31,34)(H,35,36). The number of benzene rings is 3. The number of para-hydroxylation sites is 1. The maximum absolute atomic E-state index is 13.1. The van der Waals surface area contributed by atoms with Crippen LogP contribution in [0.1, 0.15) is 34.3 Å². The molecule has 0 unspecified atom stereocenters. The summed E-state index contributed by atoms with van der Waals surface area (Å²) in [4.78, 5) is 39.0. The van der Waals surface area contributed by atoms with Crippen LogP contribution in [0.25, 0.3) is 10.9 Å². The van der Waals surface area contributed by atoms with Gasteiger partial charge in [0, 0.05) is 28.9 Å². The van der Waals surface area contributed by atoms with Gasteiger partial charge in [-0.1, -0.05) is 18.2 Å². The van der Waals surface area contributed by atoms with Crippen LogP contribution in [0.2, 0.25) is 0 Å². The van der Waals surface area contributed by atoms with E-state index in [0.29, 0.717) is 46.0 Å². The number of sulfonamides is 1. The molecule has 0 radical (unpaired) electrons. The average Bonchev–Trinajstić information content (AvgIpc) is 3.81. The van der Waals surface area contributed by atoms with E-state index in [9.17, 15) is 33.2 Å². The maximum Gasteiger partial charge on any atom is 0.421 e. The Hall–Kier alpha value is -5.04. The SMILES string of the molecule is Cc1c(NC(=O)c2ccc(OCC3CC3)cc2)ccc2cc(CN(C(=O)O)S(=O)(=O)c3ccccc3[N+](=O)[O-])cnc12. The van der Waals surface area contributed by atoms with Gasteiger partial charge in [0.05, 0.1) is 23.6 Å². The Morgan fingerprint density at radius 3 is 2.50 bits per heavy atom. The Kier molecular flexibility index (Phi) is 7.77. The quantitative estimate of drug-likeness (QED) is 0.182. The minimum absolute atomic E-state index is 0.141. The summed E-state index contributed by atoms with van der Waals surface area (Å²) in [6.45, 7) is 1.82. The van der Waals surface area contributed by atoms with Gasteiger partial charge in [0.25, 0.3) is 21.6 Å². The zero-order valence-corrected chi connectivity index (χ0v) is 23.2. The molecule has 0 bridgehead atoms. The van der Waals surface area contributed by atoms with Crippen molar-refractivity contribution in [1.29, 1.82) is 0 Å². The Bertz CT molecular complexity index is 1800. The number of pyridine rings is 1. The molecule has 1 aliphatic rings. The second-order valence-electron chi connectivity index (χ2n) is 9.91. The van der Waals surface area contributed by atoms with Crippen LogP contribution in [-0.4, -0.2) is 46.3 Å². The predicted molar refractivity (Wildman–Crippen MR) is 153 cm³/mol. The number of carboxylic acid groups (broad SMARTS) is 1. The zero-order valence-electron chi connectivity index (χ0n) is 22.4. The van der Waals surface area contributed by atoms with Gasteiger partial charge >= 0.3 is 6.09 Å². The van der Waals surface area contributed by atoms with Crippen LogP contribution in [-0.2, 0) is 16.6 Å². The number of nitrogens with zero attached hydrogens (tertiary/aromatic N) is 3. The molecule has 216 valence electrons. The van der Waals surface area contributed by atoms with E-state index in [1.54, 1.807) is 49.4 Å². The van der Waals surface area contributed by atoms with E-state index < -0.39 is 38.2 Å². The highest BCUT2D eigenvalue weighted by Gasteiger charge is 2.35. The van der Waals surface area contributed by atoms with Crippen molar-refractivity contribution in [3.8, 4) is 5.75 Å². The molecule has 1 heterocycles. The van der Waals surface area contributed by atoms with Crippen LogP contribution >= 0.6 is 0 Å². The lowest BCUT2D eigenvalue weighted by Gasteiger charge is -2.19. The summed E-state index contributed by atoms with van der Waals surface area (Å²) in [7, 11) is -4.78. The molecular weight excluding hydrogens is 564 g/mol. The number of rotatable bonds is 10. The zero-order chi connectivity index (χ0) is 30.0. The van der Waals surface area contributed by atoms with E-state index in [1.807, 2.05) is 0 Å². The van der Waals surface area contributed by atoms with Crippen LogP contribution < -0.4 is 10.1 Å². The lowest BCUT2D eigenvalue weighted by atomic mass is 10.1. The summed E-state index contributed by atoms with van der Waals surface area (Å²) in [6.07, 6.45) is 1.90. The molecule has 1 fully saturated rings. The van der Waals surface area contributed by atoms with Gasteiger partial charge in [0.15, 0.2) is 4.90 Å². The monoisotopic (exact) mass is 590 g/mol. The molecule has 0 atom stereocenters. The van der Waals surface area contributed by atoms with Gasteiger partial charge in [-0.15, -0.1) is 0 Å². The molecule has 2 amide bonds. The van der Waals surface area contributed by atoms with Gasteiger partial charge in [-0.05, 0) is 79.3 Å².